The summed E-state index contributed by atoms with van der Waals surface area (Å²) in [7, 11) is 0. The average Bonchev–Trinajstić information content (AvgIpc) is 2.67. The number of amides is 2. The highest BCUT2D eigenvalue weighted by Crippen LogP contribution is 2.20. The van der Waals surface area contributed by atoms with E-state index in [0.29, 0.717) is 38.0 Å². The Hall–Kier alpha value is -2.21. The highest BCUT2D eigenvalue weighted by molar-refractivity contribution is 9.10. The number of carbonyl (C=O) groups is 2. The average molecular weight is 402 g/mol. The van der Waals surface area contributed by atoms with E-state index in [9.17, 15) is 9.59 Å². The van der Waals surface area contributed by atoms with Crippen LogP contribution in [0.2, 0.25) is 0 Å². The smallest absolute Gasteiger partial charge is 0.253 e. The van der Waals surface area contributed by atoms with Gasteiger partial charge in [-0.2, -0.15) is 0 Å². The molecule has 0 radical (unpaired) electrons. The summed E-state index contributed by atoms with van der Waals surface area (Å²) in [6.45, 7) is 1.71. The molecule has 1 aromatic heterocycles. The number of aromatic nitrogens is 1. The van der Waals surface area contributed by atoms with Gasteiger partial charge >= 0.3 is 0 Å². The number of benzene rings is 1. The van der Waals surface area contributed by atoms with Gasteiger partial charge in [0.15, 0.2) is 0 Å². The van der Waals surface area contributed by atoms with Crippen LogP contribution in [0.5, 0.6) is 0 Å². The lowest BCUT2D eigenvalue weighted by atomic mass is 9.95. The second kappa shape index (κ2) is 8.25. The minimum atomic E-state index is -0.0364. The van der Waals surface area contributed by atoms with E-state index in [-0.39, 0.29) is 17.7 Å². The molecular weight excluding hydrogens is 382 g/mol. The van der Waals surface area contributed by atoms with Crippen molar-refractivity contribution in [3.8, 4) is 0 Å². The first-order valence-corrected chi connectivity index (χ1v) is 9.14. The first kappa shape index (κ1) is 17.6. The Morgan fingerprint density at radius 3 is 2.52 bits per heavy atom. The molecule has 2 aromatic rings. The van der Waals surface area contributed by atoms with Crippen molar-refractivity contribution in [2.24, 2.45) is 5.92 Å². The summed E-state index contributed by atoms with van der Waals surface area (Å²) in [5, 5.41) is 2.96. The summed E-state index contributed by atoms with van der Waals surface area (Å²) >= 11 is 3.37. The normalized spacial score (nSPS) is 15.0. The number of rotatable bonds is 4. The van der Waals surface area contributed by atoms with Crippen LogP contribution < -0.4 is 5.32 Å². The van der Waals surface area contributed by atoms with Crippen LogP contribution in [0.4, 0.5) is 0 Å². The Bertz CT molecular complexity index is 726. The Balaban J connectivity index is 1.48. The minimum absolute atomic E-state index is 0.0294. The number of nitrogens with one attached hydrogen (secondary N) is 1. The summed E-state index contributed by atoms with van der Waals surface area (Å²) in [6.07, 6.45) is 4.85. The van der Waals surface area contributed by atoms with Crippen LogP contribution in [0.1, 0.15) is 28.8 Å². The van der Waals surface area contributed by atoms with Gasteiger partial charge in [0.25, 0.3) is 5.91 Å². The molecule has 0 bridgehead atoms. The van der Waals surface area contributed by atoms with Crippen LogP contribution in [0, 0.1) is 5.92 Å². The topological polar surface area (TPSA) is 62.3 Å². The molecule has 3 rings (SSSR count). The van der Waals surface area contributed by atoms with E-state index < -0.39 is 0 Å². The first-order chi connectivity index (χ1) is 12.1. The van der Waals surface area contributed by atoms with Crippen LogP contribution in [0.3, 0.4) is 0 Å². The Morgan fingerprint density at radius 1 is 1.16 bits per heavy atom. The van der Waals surface area contributed by atoms with E-state index in [1.807, 2.05) is 41.3 Å². The zero-order chi connectivity index (χ0) is 17.6. The number of halogens is 1. The molecular formula is C19H20BrN3O2. The molecule has 0 aliphatic carbocycles. The van der Waals surface area contributed by atoms with Gasteiger partial charge in [-0.3, -0.25) is 14.6 Å². The fourth-order valence-corrected chi connectivity index (χ4v) is 3.22. The summed E-state index contributed by atoms with van der Waals surface area (Å²) in [4.78, 5) is 30.7. The number of hydrogen-bond donors (Lipinski definition) is 1. The van der Waals surface area contributed by atoms with E-state index >= 15 is 0 Å². The highest BCUT2D eigenvalue weighted by Gasteiger charge is 2.27. The van der Waals surface area contributed by atoms with Gasteiger partial charge in [0.1, 0.15) is 0 Å². The predicted octanol–water partition coefficient (Wildman–Crippen LogP) is 3.01. The number of piperidine rings is 1. The fourth-order valence-electron chi connectivity index (χ4n) is 2.96. The SMILES string of the molecule is O=C(NCc1cccnc1)C1CCN(C(=O)c2ccc(Br)cc2)CC1. The molecule has 2 amide bonds. The van der Waals surface area contributed by atoms with Crippen LogP contribution in [0.15, 0.2) is 53.3 Å². The molecule has 1 aliphatic heterocycles. The van der Waals surface area contributed by atoms with Crippen molar-refractivity contribution in [1.82, 2.24) is 15.2 Å². The highest BCUT2D eigenvalue weighted by atomic mass is 79.9. The Morgan fingerprint density at radius 2 is 1.88 bits per heavy atom. The molecule has 1 fully saturated rings. The molecule has 1 saturated heterocycles. The summed E-state index contributed by atoms with van der Waals surface area (Å²) in [6, 6.07) is 11.2. The number of nitrogens with zero attached hydrogens (tertiary/aromatic N) is 2. The van der Waals surface area contributed by atoms with Gasteiger partial charge in [0.2, 0.25) is 5.91 Å². The predicted molar refractivity (Wildman–Crippen MR) is 98.9 cm³/mol. The molecule has 0 saturated carbocycles. The number of hydrogen-bond acceptors (Lipinski definition) is 3. The van der Waals surface area contributed by atoms with E-state index in [2.05, 4.69) is 26.2 Å². The summed E-state index contributed by atoms with van der Waals surface area (Å²) in [5.41, 5.74) is 1.67. The molecule has 0 spiro atoms. The molecule has 25 heavy (non-hydrogen) atoms. The summed E-state index contributed by atoms with van der Waals surface area (Å²) < 4.78 is 0.952. The van der Waals surface area contributed by atoms with Gasteiger partial charge in [-0.1, -0.05) is 22.0 Å². The monoisotopic (exact) mass is 401 g/mol. The molecule has 1 aliphatic rings. The fraction of sp³-hybridized carbons (Fsp3) is 0.316. The van der Waals surface area contributed by atoms with Crippen molar-refractivity contribution >= 4 is 27.7 Å². The third-order valence-electron chi connectivity index (χ3n) is 4.43. The maximum absolute atomic E-state index is 12.5. The lowest BCUT2D eigenvalue weighted by Gasteiger charge is -2.31. The van der Waals surface area contributed by atoms with Crippen LogP contribution >= 0.6 is 15.9 Å². The number of carbonyl (C=O) groups excluding carboxylic acids is 2. The zero-order valence-corrected chi connectivity index (χ0v) is 15.4. The first-order valence-electron chi connectivity index (χ1n) is 8.35. The Labute approximate surface area is 155 Å². The molecule has 1 aromatic carbocycles. The quantitative estimate of drug-likeness (QED) is 0.856. The molecule has 0 unspecified atom stereocenters. The van der Waals surface area contributed by atoms with Crippen LogP contribution in [0.25, 0.3) is 0 Å². The second-order valence-electron chi connectivity index (χ2n) is 6.15. The van der Waals surface area contributed by atoms with Crippen molar-refractivity contribution in [1.29, 1.82) is 0 Å². The van der Waals surface area contributed by atoms with Gasteiger partial charge < -0.3 is 10.2 Å². The van der Waals surface area contributed by atoms with Gasteiger partial charge in [-0.25, -0.2) is 0 Å². The Kier molecular flexibility index (Phi) is 5.81. The molecule has 5 nitrogen and oxygen atoms in total. The molecule has 1 N–H and O–H groups in total. The van der Waals surface area contributed by atoms with Crippen LogP contribution in [-0.2, 0) is 11.3 Å². The van der Waals surface area contributed by atoms with Gasteiger partial charge in [0, 0.05) is 48.0 Å². The molecule has 2 heterocycles. The molecule has 6 heteroatoms. The van der Waals surface area contributed by atoms with E-state index in [1.54, 1.807) is 12.4 Å². The van der Waals surface area contributed by atoms with Crippen LogP contribution in [-0.4, -0.2) is 34.8 Å². The van der Waals surface area contributed by atoms with Crippen molar-refractivity contribution in [2.75, 3.05) is 13.1 Å². The molecule has 0 atom stereocenters. The lowest BCUT2D eigenvalue weighted by molar-refractivity contribution is -0.126. The third kappa shape index (κ3) is 4.66. The maximum atomic E-state index is 12.5. The van der Waals surface area contributed by atoms with E-state index in [1.165, 1.54) is 0 Å². The van der Waals surface area contributed by atoms with E-state index in [0.717, 1.165) is 10.0 Å². The van der Waals surface area contributed by atoms with Crippen molar-refractivity contribution in [2.45, 2.75) is 19.4 Å². The number of likely N-dealkylation sites (tertiary alicyclic amines) is 1. The third-order valence-corrected chi connectivity index (χ3v) is 4.96. The minimum Gasteiger partial charge on any atom is -0.352 e. The largest absolute Gasteiger partial charge is 0.352 e. The van der Waals surface area contributed by atoms with Gasteiger partial charge in [0.05, 0.1) is 0 Å². The lowest BCUT2D eigenvalue weighted by Crippen LogP contribution is -2.42. The second-order valence-corrected chi connectivity index (χ2v) is 7.07. The standard InChI is InChI=1S/C19H20BrN3O2/c20-17-5-3-16(4-6-17)19(25)23-10-7-15(8-11-23)18(24)22-13-14-2-1-9-21-12-14/h1-6,9,12,15H,7-8,10-11,13H2,(H,22,24). The number of pyridine rings is 1. The molecule has 130 valence electrons. The summed E-state index contributed by atoms with van der Waals surface area (Å²) in [5.74, 6) is 0.0481. The van der Waals surface area contributed by atoms with Gasteiger partial charge in [-0.15, -0.1) is 0 Å². The van der Waals surface area contributed by atoms with Crippen molar-refractivity contribution in [3.05, 3.63) is 64.4 Å². The van der Waals surface area contributed by atoms with Crippen molar-refractivity contribution < 1.29 is 9.59 Å². The zero-order valence-electron chi connectivity index (χ0n) is 13.8. The van der Waals surface area contributed by atoms with E-state index in [4.69, 9.17) is 0 Å². The van der Waals surface area contributed by atoms with Crippen molar-refractivity contribution in [3.63, 3.8) is 0 Å². The van der Waals surface area contributed by atoms with Gasteiger partial charge in [-0.05, 0) is 48.7 Å². The maximum Gasteiger partial charge on any atom is 0.253 e.